The fourth-order valence-electron chi connectivity index (χ4n) is 8.45. The van der Waals surface area contributed by atoms with Crippen LogP contribution in [0.4, 0.5) is 0 Å². The van der Waals surface area contributed by atoms with E-state index < -0.39 is 0 Å². The number of fused-ring (bicyclic) bond motifs is 10. The third kappa shape index (κ3) is 4.94. The molecular formula is C51H30N4O2. The van der Waals surface area contributed by atoms with Gasteiger partial charge >= 0.3 is 0 Å². The molecule has 12 rings (SSSR count). The van der Waals surface area contributed by atoms with Gasteiger partial charge in [0.2, 0.25) is 0 Å². The van der Waals surface area contributed by atoms with Gasteiger partial charge in [-0.25, -0.2) is 15.0 Å². The Hall–Kier alpha value is -7.83. The van der Waals surface area contributed by atoms with Crippen molar-refractivity contribution in [3.8, 4) is 51.0 Å². The Morgan fingerprint density at radius 2 is 0.947 bits per heavy atom. The van der Waals surface area contributed by atoms with Gasteiger partial charge in [-0.1, -0.05) is 121 Å². The summed E-state index contributed by atoms with van der Waals surface area (Å²) in [6, 6.07) is 62.7. The van der Waals surface area contributed by atoms with Gasteiger partial charge in [-0.15, -0.1) is 0 Å². The van der Waals surface area contributed by atoms with Gasteiger partial charge in [-0.2, -0.15) is 0 Å². The monoisotopic (exact) mass is 730 g/mol. The van der Waals surface area contributed by atoms with Crippen LogP contribution in [0.3, 0.4) is 0 Å². The normalized spacial score (nSPS) is 11.9. The zero-order chi connectivity index (χ0) is 37.5. The predicted molar refractivity (Wildman–Crippen MR) is 230 cm³/mol. The average Bonchev–Trinajstić information content (AvgIpc) is 3.96. The summed E-state index contributed by atoms with van der Waals surface area (Å²) in [5.74, 6) is 1.81. The summed E-state index contributed by atoms with van der Waals surface area (Å²) in [7, 11) is 0. The van der Waals surface area contributed by atoms with Crippen molar-refractivity contribution in [3.05, 3.63) is 182 Å². The van der Waals surface area contributed by atoms with Gasteiger partial charge in [0, 0.05) is 49.3 Å². The van der Waals surface area contributed by atoms with Crippen LogP contribution in [0.2, 0.25) is 0 Å². The van der Waals surface area contributed by atoms with Gasteiger partial charge in [0.1, 0.15) is 22.3 Å². The molecule has 0 aliphatic rings. The van der Waals surface area contributed by atoms with Gasteiger partial charge < -0.3 is 13.4 Å². The second-order valence-corrected chi connectivity index (χ2v) is 14.4. The molecular weight excluding hydrogens is 701 g/mol. The fourth-order valence-corrected chi connectivity index (χ4v) is 8.45. The summed E-state index contributed by atoms with van der Waals surface area (Å²) in [6.45, 7) is 0. The molecule has 0 aliphatic heterocycles. The van der Waals surface area contributed by atoms with Crippen molar-refractivity contribution in [3.63, 3.8) is 0 Å². The molecule has 8 aromatic carbocycles. The lowest BCUT2D eigenvalue weighted by Gasteiger charge is -2.09. The summed E-state index contributed by atoms with van der Waals surface area (Å²) in [4.78, 5) is 15.0. The molecule has 4 heterocycles. The van der Waals surface area contributed by atoms with Gasteiger partial charge in [-0.05, 0) is 71.8 Å². The van der Waals surface area contributed by atoms with E-state index in [-0.39, 0.29) is 0 Å². The Balaban J connectivity index is 1.04. The standard InChI is InChI=1S/C51H30N4O2/c1-4-13-31(14-5-1)49-52-50(32-15-6-2-7-16-32)54-51(53-49)38-20-12-22-44-46(38)37-25-28-45-47(48(37)57-44)40-30-34(24-27-43(40)56-45)33-23-26-42-39(29-33)36-19-10-11-21-41(36)55(42)35-17-8-3-9-18-35/h1-30H. The van der Waals surface area contributed by atoms with E-state index in [0.29, 0.717) is 17.5 Å². The van der Waals surface area contributed by atoms with E-state index in [1.54, 1.807) is 0 Å². The van der Waals surface area contributed by atoms with Crippen LogP contribution >= 0.6 is 0 Å². The molecule has 0 amide bonds. The second-order valence-electron chi connectivity index (χ2n) is 14.4. The molecule has 6 heteroatoms. The van der Waals surface area contributed by atoms with E-state index in [9.17, 15) is 0 Å². The Morgan fingerprint density at radius 3 is 1.70 bits per heavy atom. The second kappa shape index (κ2) is 12.3. The van der Waals surface area contributed by atoms with Crippen molar-refractivity contribution in [2.45, 2.75) is 0 Å². The first-order valence-corrected chi connectivity index (χ1v) is 19.0. The van der Waals surface area contributed by atoms with E-state index in [1.165, 1.54) is 21.8 Å². The van der Waals surface area contributed by atoms with Crippen LogP contribution in [0.15, 0.2) is 191 Å². The van der Waals surface area contributed by atoms with Crippen LogP contribution in [0, 0.1) is 0 Å². The first-order valence-electron chi connectivity index (χ1n) is 19.0. The van der Waals surface area contributed by atoms with Crippen molar-refractivity contribution in [2.75, 3.05) is 0 Å². The number of benzene rings is 8. The van der Waals surface area contributed by atoms with Crippen molar-refractivity contribution in [2.24, 2.45) is 0 Å². The molecule has 0 radical (unpaired) electrons. The highest BCUT2D eigenvalue weighted by Crippen LogP contribution is 2.43. The minimum atomic E-state index is 0.583. The third-order valence-electron chi connectivity index (χ3n) is 11.1. The van der Waals surface area contributed by atoms with Crippen molar-refractivity contribution in [1.29, 1.82) is 0 Å². The Bertz CT molecular complexity index is 3450. The van der Waals surface area contributed by atoms with E-state index in [1.807, 2.05) is 78.9 Å². The molecule has 0 fully saturated rings. The molecule has 0 bridgehead atoms. The largest absolute Gasteiger partial charge is 0.456 e. The number of para-hydroxylation sites is 2. The van der Waals surface area contributed by atoms with Crippen molar-refractivity contribution >= 4 is 65.7 Å². The quantitative estimate of drug-likeness (QED) is 0.176. The summed E-state index contributed by atoms with van der Waals surface area (Å²) in [6.07, 6.45) is 0. The number of nitrogens with zero attached hydrogens (tertiary/aromatic N) is 4. The first kappa shape index (κ1) is 31.5. The van der Waals surface area contributed by atoms with E-state index in [4.69, 9.17) is 23.8 Å². The van der Waals surface area contributed by atoms with Gasteiger partial charge in [-0.3, -0.25) is 0 Å². The summed E-state index contributed by atoms with van der Waals surface area (Å²) >= 11 is 0. The maximum Gasteiger partial charge on any atom is 0.164 e. The molecule has 0 aliphatic carbocycles. The summed E-state index contributed by atoms with van der Waals surface area (Å²) in [5, 5.41) is 6.29. The van der Waals surface area contributed by atoms with Crippen LogP contribution in [-0.2, 0) is 0 Å². The molecule has 0 N–H and O–H groups in total. The van der Waals surface area contributed by atoms with Gasteiger partial charge in [0.15, 0.2) is 17.5 Å². The van der Waals surface area contributed by atoms with E-state index in [0.717, 1.165) is 77.4 Å². The van der Waals surface area contributed by atoms with Crippen LogP contribution in [0.1, 0.15) is 0 Å². The molecule has 0 saturated carbocycles. The number of aromatic nitrogens is 4. The van der Waals surface area contributed by atoms with E-state index >= 15 is 0 Å². The SMILES string of the molecule is c1ccc(-c2nc(-c3ccccc3)nc(-c3cccc4oc5c(ccc6oc7ccc(-c8ccc9c(c8)c8ccccc8n9-c8ccccc8)cc7c65)c34)n2)cc1. The van der Waals surface area contributed by atoms with Crippen molar-refractivity contribution < 1.29 is 8.83 Å². The zero-order valence-corrected chi connectivity index (χ0v) is 30.4. The maximum absolute atomic E-state index is 6.79. The van der Waals surface area contributed by atoms with Crippen LogP contribution in [0.25, 0.3) is 117 Å². The lowest BCUT2D eigenvalue weighted by Crippen LogP contribution is -2.00. The topological polar surface area (TPSA) is 69.9 Å². The molecule has 0 atom stereocenters. The van der Waals surface area contributed by atoms with Crippen molar-refractivity contribution in [1.82, 2.24) is 19.5 Å². The average molecular weight is 731 g/mol. The fraction of sp³-hybridized carbons (Fsp3) is 0. The Morgan fingerprint density at radius 1 is 0.351 bits per heavy atom. The molecule has 12 aromatic rings. The highest BCUT2D eigenvalue weighted by atomic mass is 16.3. The smallest absolute Gasteiger partial charge is 0.164 e. The number of hydrogen-bond donors (Lipinski definition) is 0. The Kier molecular flexibility index (Phi) is 6.83. The predicted octanol–water partition coefficient (Wildman–Crippen LogP) is 13.4. The zero-order valence-electron chi connectivity index (χ0n) is 30.4. The first-order chi connectivity index (χ1) is 28.2. The molecule has 4 aromatic heterocycles. The van der Waals surface area contributed by atoms with Crippen LogP contribution in [0.5, 0.6) is 0 Å². The van der Waals surface area contributed by atoms with Gasteiger partial charge in [0.25, 0.3) is 0 Å². The molecule has 266 valence electrons. The highest BCUT2D eigenvalue weighted by molar-refractivity contribution is 6.24. The van der Waals surface area contributed by atoms with Crippen LogP contribution < -0.4 is 0 Å². The maximum atomic E-state index is 6.79. The molecule has 0 saturated heterocycles. The minimum absolute atomic E-state index is 0.583. The lowest BCUT2D eigenvalue weighted by atomic mass is 9.99. The summed E-state index contributed by atoms with van der Waals surface area (Å²) in [5.41, 5.74) is 11.6. The van der Waals surface area contributed by atoms with E-state index in [2.05, 4.69) is 108 Å². The van der Waals surface area contributed by atoms with Gasteiger partial charge in [0.05, 0.1) is 16.4 Å². The number of rotatable bonds is 5. The molecule has 0 spiro atoms. The number of hydrogen-bond acceptors (Lipinski definition) is 5. The van der Waals surface area contributed by atoms with Crippen LogP contribution in [-0.4, -0.2) is 19.5 Å². The number of furan rings is 2. The molecule has 6 nitrogen and oxygen atoms in total. The molecule has 57 heavy (non-hydrogen) atoms. The minimum Gasteiger partial charge on any atom is -0.456 e. The third-order valence-corrected chi connectivity index (χ3v) is 11.1. The highest BCUT2D eigenvalue weighted by Gasteiger charge is 2.22. The lowest BCUT2D eigenvalue weighted by molar-refractivity contribution is 0.663. The Labute approximate surface area is 325 Å². The summed E-state index contributed by atoms with van der Waals surface area (Å²) < 4.78 is 15.6. The molecule has 0 unspecified atom stereocenters.